The van der Waals surface area contributed by atoms with E-state index in [4.69, 9.17) is 23.2 Å². The largest absolute Gasteiger partial charge is 0.240 e. The second kappa shape index (κ2) is 2.87. The Labute approximate surface area is 83.9 Å². The summed E-state index contributed by atoms with van der Waals surface area (Å²) in [6.07, 6.45) is 0. The molecule has 0 saturated heterocycles. The van der Waals surface area contributed by atoms with E-state index in [-0.39, 0.29) is 0 Å². The van der Waals surface area contributed by atoms with Gasteiger partial charge in [0.15, 0.2) is 0 Å². The molecule has 2 aromatic rings. The Kier molecular flexibility index (Phi) is 1.99. The monoisotopic (exact) mass is 217 g/mol. The minimum Gasteiger partial charge on any atom is -0.240 e. The van der Waals surface area contributed by atoms with Gasteiger partial charge >= 0.3 is 0 Å². The molecule has 4 heteroatoms. The van der Waals surface area contributed by atoms with Crippen LogP contribution in [0.25, 0.3) is 10.2 Å². The SMILES string of the molecule is Cc1nc2c(Cl)ccc(Cl)c2s1. The van der Waals surface area contributed by atoms with Crippen LogP contribution in [0.1, 0.15) is 5.01 Å². The highest BCUT2D eigenvalue weighted by atomic mass is 35.5. The van der Waals surface area contributed by atoms with Gasteiger partial charge in [-0.2, -0.15) is 0 Å². The van der Waals surface area contributed by atoms with E-state index in [0.29, 0.717) is 5.02 Å². The highest BCUT2D eigenvalue weighted by Gasteiger charge is 2.07. The molecule has 0 amide bonds. The number of halogens is 2. The number of fused-ring (bicyclic) bond motifs is 1. The first kappa shape index (κ1) is 8.30. The third-order valence-electron chi connectivity index (χ3n) is 1.55. The number of benzene rings is 1. The molecule has 0 spiro atoms. The number of rotatable bonds is 0. The normalized spacial score (nSPS) is 10.9. The van der Waals surface area contributed by atoms with Gasteiger partial charge in [0.05, 0.1) is 19.8 Å². The predicted octanol–water partition coefficient (Wildman–Crippen LogP) is 3.91. The van der Waals surface area contributed by atoms with Crippen LogP contribution in [-0.2, 0) is 0 Å². The van der Waals surface area contributed by atoms with Crippen LogP contribution in [-0.4, -0.2) is 4.98 Å². The van der Waals surface area contributed by atoms with Crippen molar-refractivity contribution in [3.8, 4) is 0 Å². The van der Waals surface area contributed by atoms with Crippen LogP contribution in [0.5, 0.6) is 0 Å². The first-order chi connectivity index (χ1) is 5.68. The summed E-state index contributed by atoms with van der Waals surface area (Å²) >= 11 is 13.4. The minimum absolute atomic E-state index is 0.666. The van der Waals surface area contributed by atoms with Gasteiger partial charge in [-0.15, -0.1) is 11.3 Å². The number of aryl methyl sites for hydroxylation is 1. The minimum atomic E-state index is 0.666. The summed E-state index contributed by atoms with van der Waals surface area (Å²) in [5, 5.41) is 2.37. The summed E-state index contributed by atoms with van der Waals surface area (Å²) in [6, 6.07) is 3.56. The molecule has 0 aliphatic carbocycles. The third kappa shape index (κ3) is 1.20. The molecule has 62 valence electrons. The number of thiazole rings is 1. The zero-order chi connectivity index (χ0) is 8.72. The van der Waals surface area contributed by atoms with Gasteiger partial charge in [-0.25, -0.2) is 4.98 Å². The van der Waals surface area contributed by atoms with Gasteiger partial charge < -0.3 is 0 Å². The average Bonchev–Trinajstić information content (AvgIpc) is 2.41. The number of nitrogens with zero attached hydrogens (tertiary/aromatic N) is 1. The maximum atomic E-state index is 5.95. The van der Waals surface area contributed by atoms with Crippen LogP contribution in [0.4, 0.5) is 0 Å². The molecule has 0 aliphatic heterocycles. The lowest BCUT2D eigenvalue weighted by Gasteiger charge is -1.92. The van der Waals surface area contributed by atoms with Crippen molar-refractivity contribution in [3.05, 3.63) is 27.2 Å². The van der Waals surface area contributed by atoms with Crippen molar-refractivity contribution in [1.82, 2.24) is 4.98 Å². The molecule has 0 aliphatic rings. The summed E-state index contributed by atoms with van der Waals surface area (Å²) in [4.78, 5) is 4.28. The standard InChI is InChI=1S/C8H5Cl2NS/c1-4-11-7-5(9)2-3-6(10)8(7)12-4/h2-3H,1H3. The zero-order valence-electron chi connectivity index (χ0n) is 6.27. The van der Waals surface area contributed by atoms with E-state index in [2.05, 4.69) is 4.98 Å². The molecule has 0 N–H and O–H groups in total. The van der Waals surface area contributed by atoms with Crippen molar-refractivity contribution in [2.45, 2.75) is 6.92 Å². The fourth-order valence-electron chi connectivity index (χ4n) is 1.05. The van der Waals surface area contributed by atoms with E-state index in [1.807, 2.05) is 6.92 Å². The fraction of sp³-hybridized carbons (Fsp3) is 0.125. The lowest BCUT2D eigenvalue weighted by atomic mass is 10.3. The number of hydrogen-bond acceptors (Lipinski definition) is 2. The van der Waals surface area contributed by atoms with Gasteiger partial charge in [0.1, 0.15) is 5.52 Å². The topological polar surface area (TPSA) is 12.9 Å². The van der Waals surface area contributed by atoms with Gasteiger partial charge in [0.2, 0.25) is 0 Å². The van der Waals surface area contributed by atoms with Gasteiger partial charge in [0, 0.05) is 0 Å². The van der Waals surface area contributed by atoms with Crippen LogP contribution in [0.15, 0.2) is 12.1 Å². The zero-order valence-corrected chi connectivity index (χ0v) is 8.59. The van der Waals surface area contributed by atoms with Gasteiger partial charge in [-0.3, -0.25) is 0 Å². The summed E-state index contributed by atoms with van der Waals surface area (Å²) in [5.74, 6) is 0. The quantitative estimate of drug-likeness (QED) is 0.653. The molecular formula is C8H5Cl2NS. The van der Waals surface area contributed by atoms with Gasteiger partial charge in [-0.1, -0.05) is 23.2 Å². The second-order valence-corrected chi connectivity index (χ2v) is 4.46. The van der Waals surface area contributed by atoms with Crippen molar-refractivity contribution in [1.29, 1.82) is 0 Å². The van der Waals surface area contributed by atoms with E-state index in [9.17, 15) is 0 Å². The molecule has 1 heterocycles. The van der Waals surface area contributed by atoms with Crippen LogP contribution in [0.3, 0.4) is 0 Å². The van der Waals surface area contributed by atoms with Crippen molar-refractivity contribution < 1.29 is 0 Å². The maximum Gasteiger partial charge on any atom is 0.102 e. The summed E-state index contributed by atoms with van der Waals surface area (Å²) < 4.78 is 0.974. The lowest BCUT2D eigenvalue weighted by Crippen LogP contribution is -1.71. The van der Waals surface area contributed by atoms with Crippen LogP contribution in [0, 0.1) is 6.92 Å². The van der Waals surface area contributed by atoms with E-state index in [1.165, 1.54) is 0 Å². The molecule has 0 radical (unpaired) electrons. The van der Waals surface area contributed by atoms with Crippen molar-refractivity contribution in [2.24, 2.45) is 0 Å². The molecule has 1 nitrogen and oxygen atoms in total. The Morgan fingerprint density at radius 2 is 1.92 bits per heavy atom. The first-order valence-corrected chi connectivity index (χ1v) is 4.97. The van der Waals surface area contributed by atoms with Gasteiger partial charge in [-0.05, 0) is 19.1 Å². The molecule has 0 atom stereocenters. The smallest absolute Gasteiger partial charge is 0.102 e. The number of hydrogen-bond donors (Lipinski definition) is 0. The van der Waals surface area contributed by atoms with Crippen LogP contribution >= 0.6 is 34.5 Å². The second-order valence-electron chi connectivity index (χ2n) is 2.44. The van der Waals surface area contributed by atoms with E-state index >= 15 is 0 Å². The van der Waals surface area contributed by atoms with Crippen molar-refractivity contribution in [2.75, 3.05) is 0 Å². The molecule has 1 aromatic carbocycles. The molecule has 0 unspecified atom stereocenters. The molecule has 0 bridgehead atoms. The molecule has 12 heavy (non-hydrogen) atoms. The number of aromatic nitrogens is 1. The molecule has 0 saturated carbocycles. The van der Waals surface area contributed by atoms with Crippen LogP contribution in [0.2, 0.25) is 10.0 Å². The molecular weight excluding hydrogens is 213 g/mol. The Morgan fingerprint density at radius 1 is 1.25 bits per heavy atom. The Balaban J connectivity index is 2.93. The highest BCUT2D eigenvalue weighted by Crippen LogP contribution is 2.33. The highest BCUT2D eigenvalue weighted by molar-refractivity contribution is 7.19. The van der Waals surface area contributed by atoms with E-state index < -0.39 is 0 Å². The Morgan fingerprint density at radius 3 is 2.58 bits per heavy atom. The lowest BCUT2D eigenvalue weighted by molar-refractivity contribution is 1.35. The van der Waals surface area contributed by atoms with E-state index in [1.54, 1.807) is 23.5 Å². The van der Waals surface area contributed by atoms with Crippen LogP contribution < -0.4 is 0 Å². The average molecular weight is 218 g/mol. The molecule has 2 rings (SSSR count). The summed E-state index contributed by atoms with van der Waals surface area (Å²) in [7, 11) is 0. The Hall–Kier alpha value is -0.310. The summed E-state index contributed by atoms with van der Waals surface area (Å²) in [6.45, 7) is 1.94. The summed E-state index contributed by atoms with van der Waals surface area (Å²) in [5.41, 5.74) is 0.812. The first-order valence-electron chi connectivity index (χ1n) is 3.39. The van der Waals surface area contributed by atoms with Crippen molar-refractivity contribution >= 4 is 44.8 Å². The van der Waals surface area contributed by atoms with Crippen molar-refractivity contribution in [3.63, 3.8) is 0 Å². The fourth-order valence-corrected chi connectivity index (χ4v) is 2.43. The maximum absolute atomic E-state index is 5.95. The third-order valence-corrected chi connectivity index (χ3v) is 3.29. The van der Waals surface area contributed by atoms with Gasteiger partial charge in [0.25, 0.3) is 0 Å². The predicted molar refractivity (Wildman–Crippen MR) is 54.4 cm³/mol. The Bertz CT molecular complexity index is 397. The molecule has 0 fully saturated rings. The molecule has 1 aromatic heterocycles. The van der Waals surface area contributed by atoms with E-state index in [0.717, 1.165) is 20.2 Å².